The van der Waals surface area contributed by atoms with Gasteiger partial charge in [0, 0.05) is 36.3 Å². The van der Waals surface area contributed by atoms with Crippen molar-refractivity contribution in [1.82, 2.24) is 14.3 Å². The quantitative estimate of drug-likeness (QED) is 0.588. The second-order valence-electron chi connectivity index (χ2n) is 7.28. The molecule has 1 aliphatic carbocycles. The molecule has 0 bridgehead atoms. The van der Waals surface area contributed by atoms with E-state index in [0.29, 0.717) is 36.3 Å². The van der Waals surface area contributed by atoms with Crippen LogP contribution in [0.3, 0.4) is 0 Å². The Labute approximate surface area is 174 Å². The third kappa shape index (κ3) is 4.00. The van der Waals surface area contributed by atoms with Crippen LogP contribution >= 0.6 is 0 Å². The van der Waals surface area contributed by atoms with Crippen molar-refractivity contribution in [3.8, 4) is 16.8 Å². The average molecular weight is 423 g/mol. The van der Waals surface area contributed by atoms with E-state index in [9.17, 15) is 13.2 Å². The van der Waals surface area contributed by atoms with Crippen LogP contribution in [0.5, 0.6) is 0 Å². The third-order valence-corrected chi connectivity index (χ3v) is 6.80. The van der Waals surface area contributed by atoms with E-state index >= 15 is 0 Å². The first-order valence-electron chi connectivity index (χ1n) is 9.70. The Morgan fingerprint density at radius 2 is 2.03 bits per heavy atom. The van der Waals surface area contributed by atoms with E-state index in [2.05, 4.69) is 14.7 Å². The van der Waals surface area contributed by atoms with Gasteiger partial charge in [-0.1, -0.05) is 13.0 Å². The van der Waals surface area contributed by atoms with Gasteiger partial charge in [-0.2, -0.15) is 5.10 Å². The number of benzene rings is 1. The van der Waals surface area contributed by atoms with Crippen LogP contribution in [0.2, 0.25) is 0 Å². The fraction of sp³-hybridized carbons (Fsp3) is 0.286. The second-order valence-corrected chi connectivity index (χ2v) is 9.24. The molecule has 8 nitrogen and oxygen atoms in total. The lowest BCUT2D eigenvalue weighted by Gasteiger charge is -2.09. The van der Waals surface area contributed by atoms with Crippen molar-refractivity contribution in [2.24, 2.45) is 0 Å². The maximum absolute atomic E-state index is 12.1. The molecular weight excluding hydrogens is 402 g/mol. The van der Waals surface area contributed by atoms with E-state index in [1.54, 1.807) is 52.1 Å². The molecule has 4 rings (SSSR count). The second kappa shape index (κ2) is 7.80. The molecule has 0 atom stereocenters. The zero-order valence-corrected chi connectivity index (χ0v) is 17.3. The number of hydrogen-bond acceptors (Lipinski definition) is 4. The van der Waals surface area contributed by atoms with Gasteiger partial charge in [0.15, 0.2) is 5.69 Å². The van der Waals surface area contributed by atoms with Crippen LogP contribution in [0.25, 0.3) is 21.7 Å². The summed E-state index contributed by atoms with van der Waals surface area (Å²) < 4.78 is 30.2. The molecule has 1 aromatic carbocycles. The summed E-state index contributed by atoms with van der Waals surface area (Å²) in [6.45, 7) is 10.1. The van der Waals surface area contributed by atoms with Gasteiger partial charge in [-0.05, 0) is 43.0 Å². The van der Waals surface area contributed by atoms with Gasteiger partial charge in [0.05, 0.1) is 23.7 Å². The van der Waals surface area contributed by atoms with Gasteiger partial charge in [0.2, 0.25) is 10.0 Å². The number of aromatic nitrogens is 3. The molecule has 0 unspecified atom stereocenters. The monoisotopic (exact) mass is 423 g/mol. The number of sulfonamides is 1. The minimum absolute atomic E-state index is 0.0625. The number of hydrogen-bond donors (Lipinski definition) is 1. The lowest BCUT2D eigenvalue weighted by molar-refractivity contribution is 0.600. The zero-order chi connectivity index (χ0) is 21.3. The molecule has 9 heteroatoms. The van der Waals surface area contributed by atoms with E-state index in [1.807, 2.05) is 6.92 Å². The van der Waals surface area contributed by atoms with Crippen LogP contribution in [0, 0.1) is 6.57 Å². The molecule has 3 aromatic rings. The molecule has 0 amide bonds. The Morgan fingerprint density at radius 1 is 1.23 bits per heavy atom. The molecule has 0 radical (unpaired) electrons. The molecule has 30 heavy (non-hydrogen) atoms. The van der Waals surface area contributed by atoms with Gasteiger partial charge in [0.1, 0.15) is 0 Å². The topological polar surface area (TPSA) is 90.3 Å². The van der Waals surface area contributed by atoms with Crippen molar-refractivity contribution in [2.75, 3.05) is 4.72 Å². The minimum atomic E-state index is -3.38. The predicted octanol–water partition coefficient (Wildman–Crippen LogP) is 3.57. The Hall–Kier alpha value is -3.38. The van der Waals surface area contributed by atoms with E-state index in [1.165, 1.54) is 6.07 Å². The van der Waals surface area contributed by atoms with Gasteiger partial charge in [-0.3, -0.25) is 9.52 Å². The summed E-state index contributed by atoms with van der Waals surface area (Å²) in [6, 6.07) is 8.13. The third-order valence-electron chi connectivity index (χ3n) is 4.93. The van der Waals surface area contributed by atoms with Gasteiger partial charge in [0.25, 0.3) is 5.56 Å². The van der Waals surface area contributed by atoms with Crippen molar-refractivity contribution in [2.45, 2.75) is 38.0 Å². The standard InChI is InChI=1S/C21H21N5O3S/c1-3-10-25-14-17(5-9-21(25)27)26-13-15(12-23-26)19-8-4-16(11-20(19)22-2)24-30(28,29)18-6-7-18/h4-5,8-9,11-14,18,24H,3,6-7,10H2,1H3. The van der Waals surface area contributed by atoms with E-state index in [4.69, 9.17) is 6.57 Å². The first-order valence-corrected chi connectivity index (χ1v) is 11.2. The van der Waals surface area contributed by atoms with Crippen LogP contribution in [-0.4, -0.2) is 28.0 Å². The Bertz CT molecular complexity index is 1300. The Kier molecular flexibility index (Phi) is 5.18. The normalized spacial score (nSPS) is 13.7. The maximum atomic E-state index is 12.1. The number of anilines is 1. The molecule has 154 valence electrons. The first-order chi connectivity index (χ1) is 14.4. The SMILES string of the molecule is [C-]#[N+]c1cc(NS(=O)(=O)C2CC2)ccc1-c1cnn(-c2ccc(=O)n(CCC)c2)c1. The zero-order valence-electron chi connectivity index (χ0n) is 16.4. The lowest BCUT2D eigenvalue weighted by atomic mass is 10.1. The van der Waals surface area contributed by atoms with E-state index < -0.39 is 10.0 Å². The minimum Gasteiger partial charge on any atom is -0.313 e. The van der Waals surface area contributed by atoms with E-state index in [-0.39, 0.29) is 10.8 Å². The maximum Gasteiger partial charge on any atom is 0.250 e. The molecule has 0 saturated heterocycles. The largest absolute Gasteiger partial charge is 0.313 e. The van der Waals surface area contributed by atoms with Crippen molar-refractivity contribution < 1.29 is 8.42 Å². The molecule has 1 aliphatic rings. The van der Waals surface area contributed by atoms with Gasteiger partial charge >= 0.3 is 0 Å². The van der Waals surface area contributed by atoms with Crippen molar-refractivity contribution >= 4 is 21.4 Å². The molecule has 1 N–H and O–H groups in total. The summed E-state index contributed by atoms with van der Waals surface area (Å²) in [7, 11) is -3.38. The molecule has 2 heterocycles. The summed E-state index contributed by atoms with van der Waals surface area (Å²) >= 11 is 0. The molecule has 1 saturated carbocycles. The summed E-state index contributed by atoms with van der Waals surface area (Å²) in [4.78, 5) is 15.5. The van der Waals surface area contributed by atoms with Crippen molar-refractivity contribution in [3.05, 3.63) is 70.7 Å². The number of nitrogens with one attached hydrogen (secondary N) is 1. The molecule has 2 aromatic heterocycles. The van der Waals surface area contributed by atoms with Crippen LogP contribution in [-0.2, 0) is 16.6 Å². The molecule has 0 aliphatic heterocycles. The average Bonchev–Trinajstić information content (AvgIpc) is 3.49. The van der Waals surface area contributed by atoms with Crippen LogP contribution in [0.4, 0.5) is 11.4 Å². The van der Waals surface area contributed by atoms with Gasteiger partial charge < -0.3 is 4.57 Å². The predicted molar refractivity (Wildman–Crippen MR) is 115 cm³/mol. The number of rotatable bonds is 7. The van der Waals surface area contributed by atoms with Crippen molar-refractivity contribution in [1.29, 1.82) is 0 Å². The fourth-order valence-corrected chi connectivity index (χ4v) is 4.61. The smallest absolute Gasteiger partial charge is 0.250 e. The number of pyridine rings is 1. The number of aryl methyl sites for hydroxylation is 1. The molecule has 0 spiro atoms. The summed E-state index contributed by atoms with van der Waals surface area (Å²) in [5.41, 5.74) is 2.79. The highest BCUT2D eigenvalue weighted by atomic mass is 32.2. The highest BCUT2D eigenvalue weighted by molar-refractivity contribution is 7.93. The summed E-state index contributed by atoms with van der Waals surface area (Å²) in [6.07, 6.45) is 7.39. The Morgan fingerprint density at radius 3 is 2.73 bits per heavy atom. The summed E-state index contributed by atoms with van der Waals surface area (Å²) in [5.74, 6) is 0. The number of nitrogens with zero attached hydrogens (tertiary/aromatic N) is 4. The first kappa shape index (κ1) is 19.9. The highest BCUT2D eigenvalue weighted by Gasteiger charge is 2.35. The van der Waals surface area contributed by atoms with Gasteiger partial charge in [-0.15, -0.1) is 0 Å². The molecular formula is C21H21N5O3S. The molecule has 1 fully saturated rings. The highest BCUT2D eigenvalue weighted by Crippen LogP contribution is 2.35. The Balaban J connectivity index is 1.64. The van der Waals surface area contributed by atoms with Crippen LogP contribution in [0.1, 0.15) is 26.2 Å². The lowest BCUT2D eigenvalue weighted by Crippen LogP contribution is -2.19. The van der Waals surface area contributed by atoms with Gasteiger partial charge in [-0.25, -0.2) is 17.9 Å². The van der Waals surface area contributed by atoms with Crippen LogP contribution < -0.4 is 10.3 Å². The fourth-order valence-electron chi connectivity index (χ4n) is 3.23. The van der Waals surface area contributed by atoms with E-state index in [0.717, 1.165) is 17.7 Å². The van der Waals surface area contributed by atoms with Crippen LogP contribution in [0.15, 0.2) is 53.7 Å². The summed E-state index contributed by atoms with van der Waals surface area (Å²) in [5, 5.41) is 4.04. The van der Waals surface area contributed by atoms with Crippen molar-refractivity contribution in [3.63, 3.8) is 0 Å².